The van der Waals surface area contributed by atoms with E-state index < -0.39 is 12.6 Å². The van der Waals surface area contributed by atoms with Gasteiger partial charge < -0.3 is 10.6 Å². The summed E-state index contributed by atoms with van der Waals surface area (Å²) in [5, 5.41) is 0.356. The SMILES string of the molecule is Cc1nc2ccc(N(C)CCC(F)(F)F)cc2c(=O)n1C(c1ccc(F)cc1)C1CC1.NC(c1ccc(F)cc1)C1CC1. The van der Waals surface area contributed by atoms with Crippen molar-refractivity contribution in [2.45, 2.75) is 57.3 Å². The number of nitrogens with zero attached hydrogens (tertiary/aromatic N) is 3. The lowest BCUT2D eigenvalue weighted by Gasteiger charge is -2.24. The van der Waals surface area contributed by atoms with Gasteiger partial charge in [-0.1, -0.05) is 24.3 Å². The number of nitrogens with two attached hydrogens (primary N) is 1. The van der Waals surface area contributed by atoms with E-state index in [-0.39, 0.29) is 41.7 Å². The highest BCUT2D eigenvalue weighted by atomic mass is 19.4. The van der Waals surface area contributed by atoms with E-state index >= 15 is 0 Å². The maximum atomic E-state index is 13.5. The summed E-state index contributed by atoms with van der Waals surface area (Å²) in [7, 11) is 1.57. The second-order valence-electron chi connectivity index (χ2n) is 11.6. The lowest BCUT2D eigenvalue weighted by Crippen LogP contribution is -2.30. The standard InChI is InChI=1S/C23H23F4N3O.C10H12FN/c1-14-28-20-10-9-18(29(2)12-11-23(25,26)27)13-19(20)22(31)30(14)21(15-3-4-15)16-5-7-17(24)8-6-16;11-9-5-3-8(4-6-9)10(12)7-1-2-7/h5-10,13,15,21H,3-4,11-12H2,1-2H3;3-7,10H,1-2,12H2. The van der Waals surface area contributed by atoms with Crippen LogP contribution in [-0.2, 0) is 0 Å². The Bertz CT molecular complexity index is 1610. The Hall–Kier alpha value is -3.79. The van der Waals surface area contributed by atoms with Crippen molar-refractivity contribution < 1.29 is 22.0 Å². The van der Waals surface area contributed by atoms with Gasteiger partial charge in [0.1, 0.15) is 17.5 Å². The van der Waals surface area contributed by atoms with E-state index in [9.17, 15) is 26.7 Å². The number of rotatable bonds is 8. The number of anilines is 1. The van der Waals surface area contributed by atoms with E-state index in [0.717, 1.165) is 24.0 Å². The van der Waals surface area contributed by atoms with E-state index in [4.69, 9.17) is 5.73 Å². The van der Waals surface area contributed by atoms with Crippen LogP contribution in [0.5, 0.6) is 0 Å². The predicted octanol–water partition coefficient (Wildman–Crippen LogP) is 7.47. The molecule has 0 spiro atoms. The lowest BCUT2D eigenvalue weighted by molar-refractivity contribution is -0.132. The molecule has 2 aliphatic carbocycles. The van der Waals surface area contributed by atoms with Crippen molar-refractivity contribution in [3.63, 3.8) is 0 Å². The third-order valence-corrected chi connectivity index (χ3v) is 8.17. The van der Waals surface area contributed by atoms with Crippen LogP contribution in [0.1, 0.15) is 61.1 Å². The van der Waals surface area contributed by atoms with Crippen molar-refractivity contribution >= 4 is 16.6 Å². The largest absolute Gasteiger partial charge is 0.390 e. The summed E-state index contributed by atoms with van der Waals surface area (Å²) in [6.45, 7) is 1.56. The van der Waals surface area contributed by atoms with Crippen molar-refractivity contribution in [1.82, 2.24) is 9.55 Å². The summed E-state index contributed by atoms with van der Waals surface area (Å²) < 4.78 is 65.4. The number of aromatic nitrogens is 2. The topological polar surface area (TPSA) is 64.2 Å². The van der Waals surface area contributed by atoms with E-state index in [1.807, 2.05) is 0 Å². The molecule has 5 nitrogen and oxygen atoms in total. The van der Waals surface area contributed by atoms with Crippen LogP contribution in [0.4, 0.5) is 27.6 Å². The molecule has 0 aliphatic heterocycles. The molecule has 228 valence electrons. The van der Waals surface area contributed by atoms with Gasteiger partial charge in [-0.15, -0.1) is 0 Å². The van der Waals surface area contributed by atoms with E-state index in [2.05, 4.69) is 4.98 Å². The molecular weight excluding hydrogens is 563 g/mol. The van der Waals surface area contributed by atoms with Crippen LogP contribution in [0, 0.1) is 30.4 Å². The minimum atomic E-state index is -4.25. The first kappa shape index (κ1) is 30.7. The smallest absolute Gasteiger partial charge is 0.374 e. The van der Waals surface area contributed by atoms with Crippen LogP contribution in [0.25, 0.3) is 10.9 Å². The van der Waals surface area contributed by atoms with Gasteiger partial charge in [0.25, 0.3) is 5.56 Å². The molecule has 4 aromatic rings. The molecule has 2 aliphatic rings. The molecule has 0 amide bonds. The minimum Gasteiger partial charge on any atom is -0.374 e. The van der Waals surface area contributed by atoms with Gasteiger partial charge in [0.05, 0.1) is 23.4 Å². The van der Waals surface area contributed by atoms with Gasteiger partial charge in [0, 0.05) is 25.3 Å². The number of aryl methyl sites for hydroxylation is 1. The summed E-state index contributed by atoms with van der Waals surface area (Å²) in [5.41, 5.74) is 8.61. The second kappa shape index (κ2) is 12.4. The van der Waals surface area contributed by atoms with Crippen LogP contribution < -0.4 is 16.2 Å². The average Bonchev–Trinajstić information content (AvgIpc) is 3.89. The molecule has 1 aromatic heterocycles. The molecule has 6 rings (SSSR count). The van der Waals surface area contributed by atoms with E-state index in [1.54, 1.807) is 61.0 Å². The molecule has 2 unspecified atom stereocenters. The molecule has 2 fully saturated rings. The molecule has 0 saturated heterocycles. The van der Waals surface area contributed by atoms with Gasteiger partial charge in [-0.3, -0.25) is 9.36 Å². The summed E-state index contributed by atoms with van der Waals surface area (Å²) in [4.78, 5) is 19.6. The Morgan fingerprint density at radius 3 is 2.00 bits per heavy atom. The maximum absolute atomic E-state index is 13.5. The van der Waals surface area contributed by atoms with Crippen molar-refractivity contribution in [2.75, 3.05) is 18.5 Å². The zero-order valence-electron chi connectivity index (χ0n) is 24.1. The highest BCUT2D eigenvalue weighted by Gasteiger charge is 2.35. The number of hydrogen-bond donors (Lipinski definition) is 1. The molecule has 43 heavy (non-hydrogen) atoms. The number of benzene rings is 3. The van der Waals surface area contributed by atoms with Crippen LogP contribution >= 0.6 is 0 Å². The number of hydrogen-bond acceptors (Lipinski definition) is 4. The zero-order valence-corrected chi connectivity index (χ0v) is 24.1. The fourth-order valence-corrected chi connectivity index (χ4v) is 5.40. The Kier molecular flexibility index (Phi) is 8.87. The first-order valence-electron chi connectivity index (χ1n) is 14.5. The molecular formula is C33H35F5N4O. The molecule has 2 atom stereocenters. The molecule has 3 aromatic carbocycles. The lowest BCUT2D eigenvalue weighted by atomic mass is 10.0. The van der Waals surface area contributed by atoms with Gasteiger partial charge >= 0.3 is 6.18 Å². The minimum absolute atomic E-state index is 0.116. The van der Waals surface area contributed by atoms with Gasteiger partial charge in [-0.05, 0) is 98.0 Å². The molecule has 10 heteroatoms. The summed E-state index contributed by atoms with van der Waals surface area (Å²) in [6.07, 6.45) is -0.815. The van der Waals surface area contributed by atoms with Gasteiger partial charge in [0.2, 0.25) is 0 Å². The Morgan fingerprint density at radius 2 is 1.47 bits per heavy atom. The average molecular weight is 599 g/mol. The quantitative estimate of drug-likeness (QED) is 0.214. The van der Waals surface area contributed by atoms with Crippen LogP contribution in [-0.4, -0.2) is 29.3 Å². The van der Waals surface area contributed by atoms with Crippen molar-refractivity contribution in [3.05, 3.63) is 106 Å². The first-order valence-corrected chi connectivity index (χ1v) is 14.5. The fraction of sp³-hybridized carbons (Fsp3) is 0.394. The number of halogens is 5. The van der Waals surface area contributed by atoms with Crippen LogP contribution in [0.15, 0.2) is 71.5 Å². The molecule has 2 N–H and O–H groups in total. The Labute approximate surface area is 247 Å². The van der Waals surface area contributed by atoms with Crippen molar-refractivity contribution in [1.29, 1.82) is 0 Å². The normalized spacial score (nSPS) is 16.4. The third kappa shape index (κ3) is 7.60. The summed E-state index contributed by atoms with van der Waals surface area (Å²) in [6, 6.07) is 17.4. The molecule has 0 radical (unpaired) electrons. The van der Waals surface area contributed by atoms with E-state index in [0.29, 0.717) is 28.3 Å². The summed E-state index contributed by atoms with van der Waals surface area (Å²) in [5.74, 6) is 0.915. The maximum Gasteiger partial charge on any atom is 0.390 e. The number of fused-ring (bicyclic) bond motifs is 1. The van der Waals surface area contributed by atoms with Crippen molar-refractivity contribution in [2.24, 2.45) is 17.6 Å². The first-order chi connectivity index (χ1) is 20.4. The number of alkyl halides is 3. The monoisotopic (exact) mass is 598 g/mol. The van der Waals surface area contributed by atoms with Crippen LogP contribution in [0.3, 0.4) is 0 Å². The summed E-state index contributed by atoms with van der Waals surface area (Å²) >= 11 is 0. The third-order valence-electron chi connectivity index (χ3n) is 8.17. The highest BCUT2D eigenvalue weighted by Crippen LogP contribution is 2.43. The molecule has 2 saturated carbocycles. The van der Waals surface area contributed by atoms with Crippen molar-refractivity contribution in [3.8, 4) is 0 Å². The van der Waals surface area contributed by atoms with Gasteiger partial charge in [0.15, 0.2) is 0 Å². The Balaban J connectivity index is 0.000000255. The van der Waals surface area contributed by atoms with E-state index in [1.165, 1.54) is 42.0 Å². The van der Waals surface area contributed by atoms with Crippen LogP contribution in [0.2, 0.25) is 0 Å². The molecule has 1 heterocycles. The Morgan fingerprint density at radius 1 is 0.907 bits per heavy atom. The molecule has 0 bridgehead atoms. The van der Waals surface area contributed by atoms with Gasteiger partial charge in [-0.25, -0.2) is 13.8 Å². The highest BCUT2D eigenvalue weighted by molar-refractivity contribution is 5.82. The van der Waals surface area contributed by atoms with Gasteiger partial charge in [-0.2, -0.15) is 13.2 Å². The second-order valence-corrected chi connectivity index (χ2v) is 11.6. The zero-order chi connectivity index (χ0) is 30.9. The fourth-order valence-electron chi connectivity index (χ4n) is 5.40. The predicted molar refractivity (Wildman–Crippen MR) is 158 cm³/mol.